The maximum Gasteiger partial charge on any atom is 0.0621 e. The largest absolute Gasteiger partial charge is 0.392 e. The van der Waals surface area contributed by atoms with Gasteiger partial charge in [-0.05, 0) is 30.8 Å². The van der Waals surface area contributed by atoms with Crippen LogP contribution in [0.15, 0.2) is 24.3 Å². The highest BCUT2D eigenvalue weighted by atomic mass is 16.2. The van der Waals surface area contributed by atoms with Crippen molar-refractivity contribution >= 4 is 0 Å². The molecule has 0 bridgehead atoms. The molecular weight excluding hydrogens is 196 g/mol. The highest BCUT2D eigenvalue weighted by molar-refractivity contribution is 5.31. The van der Waals surface area contributed by atoms with E-state index in [9.17, 15) is 0 Å². The van der Waals surface area contributed by atoms with E-state index in [4.69, 9.17) is 5.11 Å². The molecular formula is C15H20O. The second-order valence-corrected chi connectivity index (χ2v) is 3.33. The molecule has 0 saturated carbocycles. The summed E-state index contributed by atoms with van der Waals surface area (Å²) in [6.07, 6.45) is 13.2. The molecule has 0 unspecified atom stereocenters. The van der Waals surface area contributed by atoms with Crippen LogP contribution < -0.4 is 0 Å². The van der Waals surface area contributed by atoms with Crippen LogP contribution in [0.1, 0.15) is 39.0 Å². The van der Waals surface area contributed by atoms with E-state index in [0.717, 1.165) is 12.8 Å². The second kappa shape index (κ2) is 13.6. The van der Waals surface area contributed by atoms with E-state index >= 15 is 0 Å². The molecule has 0 heterocycles. The standard InChI is InChI=1S/C15H20O/c1-2-3-4-5-6-7-8-9-10-11-12-13-14-15-16/h6-7,13-14,16H,2-5,8,15H2,1H3/b7-6+,14-13+. The monoisotopic (exact) mass is 216 g/mol. The number of aliphatic hydroxyl groups is 1. The molecule has 16 heavy (non-hydrogen) atoms. The lowest BCUT2D eigenvalue weighted by Crippen LogP contribution is -1.70. The Hall–Kier alpha value is -1.44. The second-order valence-electron chi connectivity index (χ2n) is 3.33. The zero-order valence-electron chi connectivity index (χ0n) is 10.00. The Labute approximate surface area is 99.3 Å². The quantitative estimate of drug-likeness (QED) is 0.411. The predicted octanol–water partition coefficient (Wildman–Crippen LogP) is 3.07. The lowest BCUT2D eigenvalue weighted by atomic mass is 10.2. The summed E-state index contributed by atoms with van der Waals surface area (Å²) in [5.41, 5.74) is 0. The molecule has 0 aliphatic carbocycles. The first-order chi connectivity index (χ1) is 7.91. The number of allylic oxidation sites excluding steroid dienone is 3. The molecule has 0 saturated heterocycles. The molecule has 1 heteroatoms. The summed E-state index contributed by atoms with van der Waals surface area (Å²) in [5, 5.41) is 8.43. The van der Waals surface area contributed by atoms with Gasteiger partial charge in [0.15, 0.2) is 0 Å². The van der Waals surface area contributed by atoms with Crippen molar-refractivity contribution in [3.05, 3.63) is 24.3 Å². The summed E-state index contributed by atoms with van der Waals surface area (Å²) in [7, 11) is 0. The zero-order chi connectivity index (χ0) is 11.9. The average Bonchev–Trinajstić information content (AvgIpc) is 2.31. The van der Waals surface area contributed by atoms with Gasteiger partial charge in [-0.25, -0.2) is 0 Å². The maximum absolute atomic E-state index is 8.43. The Balaban J connectivity index is 3.52. The third kappa shape index (κ3) is 12.6. The molecule has 0 atom stereocenters. The molecule has 0 rings (SSSR count). The lowest BCUT2D eigenvalue weighted by Gasteiger charge is -1.89. The highest BCUT2D eigenvalue weighted by Gasteiger charge is 1.80. The predicted molar refractivity (Wildman–Crippen MR) is 69.7 cm³/mol. The molecule has 0 spiro atoms. The number of rotatable bonds is 6. The minimum atomic E-state index is 0.0304. The van der Waals surface area contributed by atoms with Gasteiger partial charge in [0.25, 0.3) is 0 Å². The van der Waals surface area contributed by atoms with Crippen LogP contribution in [0.5, 0.6) is 0 Å². The van der Waals surface area contributed by atoms with Gasteiger partial charge in [0, 0.05) is 6.42 Å². The fourth-order valence-electron chi connectivity index (χ4n) is 1.06. The van der Waals surface area contributed by atoms with Gasteiger partial charge >= 0.3 is 0 Å². The third-order valence-electron chi connectivity index (χ3n) is 1.89. The van der Waals surface area contributed by atoms with Crippen LogP contribution >= 0.6 is 0 Å². The first-order valence-corrected chi connectivity index (χ1v) is 5.81. The molecule has 0 aromatic heterocycles. The summed E-state index contributed by atoms with van der Waals surface area (Å²) >= 11 is 0. The first-order valence-electron chi connectivity index (χ1n) is 5.81. The van der Waals surface area contributed by atoms with Crippen molar-refractivity contribution in [1.29, 1.82) is 0 Å². The van der Waals surface area contributed by atoms with Crippen molar-refractivity contribution in [2.75, 3.05) is 6.61 Å². The zero-order valence-corrected chi connectivity index (χ0v) is 10.00. The van der Waals surface area contributed by atoms with Crippen LogP contribution in [-0.4, -0.2) is 11.7 Å². The highest BCUT2D eigenvalue weighted by Crippen LogP contribution is 1.99. The smallest absolute Gasteiger partial charge is 0.0621 e. The number of aliphatic hydroxyl groups excluding tert-OH is 1. The molecule has 0 aromatic rings. The van der Waals surface area contributed by atoms with Crippen molar-refractivity contribution in [2.45, 2.75) is 39.0 Å². The minimum Gasteiger partial charge on any atom is -0.392 e. The molecule has 1 N–H and O–H groups in total. The van der Waals surface area contributed by atoms with Crippen LogP contribution in [0.25, 0.3) is 0 Å². The SMILES string of the molecule is CCCCC/C=C/CC#CC#C/C=C/CO. The summed E-state index contributed by atoms with van der Waals surface area (Å²) in [4.78, 5) is 0. The van der Waals surface area contributed by atoms with Crippen LogP contribution in [0.3, 0.4) is 0 Å². The van der Waals surface area contributed by atoms with Crippen LogP contribution in [0, 0.1) is 23.7 Å². The minimum absolute atomic E-state index is 0.0304. The van der Waals surface area contributed by atoms with Crippen LogP contribution in [-0.2, 0) is 0 Å². The third-order valence-corrected chi connectivity index (χ3v) is 1.89. The number of unbranched alkanes of at least 4 members (excludes halogenated alkanes) is 3. The first kappa shape index (κ1) is 14.6. The Kier molecular flexibility index (Phi) is 12.3. The van der Waals surface area contributed by atoms with Gasteiger partial charge in [0.1, 0.15) is 0 Å². The van der Waals surface area contributed by atoms with Gasteiger partial charge in [0.2, 0.25) is 0 Å². The molecule has 0 radical (unpaired) electrons. The molecule has 0 aliphatic heterocycles. The van der Waals surface area contributed by atoms with Gasteiger partial charge < -0.3 is 5.11 Å². The van der Waals surface area contributed by atoms with E-state index in [-0.39, 0.29) is 6.61 Å². The van der Waals surface area contributed by atoms with Crippen molar-refractivity contribution < 1.29 is 5.11 Å². The molecule has 0 fully saturated rings. The molecule has 0 amide bonds. The lowest BCUT2D eigenvalue weighted by molar-refractivity contribution is 0.343. The maximum atomic E-state index is 8.43. The van der Waals surface area contributed by atoms with Gasteiger partial charge in [-0.3, -0.25) is 0 Å². The van der Waals surface area contributed by atoms with Crippen molar-refractivity contribution in [3.63, 3.8) is 0 Å². The van der Waals surface area contributed by atoms with Crippen molar-refractivity contribution in [3.8, 4) is 23.7 Å². The van der Waals surface area contributed by atoms with Gasteiger partial charge in [-0.15, -0.1) is 0 Å². The topological polar surface area (TPSA) is 20.2 Å². The summed E-state index contributed by atoms with van der Waals surface area (Å²) < 4.78 is 0. The van der Waals surface area contributed by atoms with E-state index in [2.05, 4.69) is 42.8 Å². The Morgan fingerprint density at radius 3 is 2.69 bits per heavy atom. The van der Waals surface area contributed by atoms with E-state index in [1.54, 1.807) is 12.2 Å². The Morgan fingerprint density at radius 2 is 1.94 bits per heavy atom. The Morgan fingerprint density at radius 1 is 1.06 bits per heavy atom. The normalized spacial score (nSPS) is 9.88. The molecule has 0 aliphatic rings. The molecule has 1 nitrogen and oxygen atoms in total. The number of hydrogen-bond donors (Lipinski definition) is 1. The summed E-state index contributed by atoms with van der Waals surface area (Å²) in [5.74, 6) is 11.1. The van der Waals surface area contributed by atoms with Crippen LogP contribution in [0.4, 0.5) is 0 Å². The fourth-order valence-corrected chi connectivity index (χ4v) is 1.06. The van der Waals surface area contributed by atoms with E-state index in [0.29, 0.717) is 0 Å². The molecule has 0 aromatic carbocycles. The molecule has 86 valence electrons. The summed E-state index contributed by atoms with van der Waals surface area (Å²) in [6.45, 7) is 2.24. The van der Waals surface area contributed by atoms with Gasteiger partial charge in [-0.2, -0.15) is 0 Å². The Bertz CT molecular complexity index is 315. The van der Waals surface area contributed by atoms with E-state index in [1.807, 2.05) is 0 Å². The number of hydrogen-bond acceptors (Lipinski definition) is 1. The van der Waals surface area contributed by atoms with Crippen molar-refractivity contribution in [2.24, 2.45) is 0 Å². The van der Waals surface area contributed by atoms with Gasteiger partial charge in [-0.1, -0.05) is 49.8 Å². The van der Waals surface area contributed by atoms with Gasteiger partial charge in [0.05, 0.1) is 6.61 Å². The summed E-state index contributed by atoms with van der Waals surface area (Å²) in [6, 6.07) is 0. The fraction of sp³-hybridized carbons (Fsp3) is 0.467. The average molecular weight is 216 g/mol. The van der Waals surface area contributed by atoms with Crippen molar-refractivity contribution in [1.82, 2.24) is 0 Å². The van der Waals surface area contributed by atoms with E-state index in [1.165, 1.54) is 19.3 Å². The van der Waals surface area contributed by atoms with Crippen LogP contribution in [0.2, 0.25) is 0 Å². The van der Waals surface area contributed by atoms with E-state index < -0.39 is 0 Å².